The molecule has 0 aliphatic rings. The molecule has 2 rings (SSSR count). The van der Waals surface area contributed by atoms with Crippen molar-refractivity contribution >= 4 is 0 Å². The Kier molecular flexibility index (Phi) is 5.13. The maximum absolute atomic E-state index is 14.4. The van der Waals surface area contributed by atoms with E-state index in [4.69, 9.17) is 0 Å². The molecule has 0 radical (unpaired) electrons. The lowest BCUT2D eigenvalue weighted by Crippen LogP contribution is -2.12. The highest BCUT2D eigenvalue weighted by Crippen LogP contribution is 2.30. The molecule has 2 heteroatoms. The molecule has 1 unspecified atom stereocenters. The summed E-state index contributed by atoms with van der Waals surface area (Å²) in [5, 5.41) is 3.21. The van der Waals surface area contributed by atoms with Gasteiger partial charge in [-0.3, -0.25) is 0 Å². The zero-order valence-electron chi connectivity index (χ0n) is 13.3. The summed E-state index contributed by atoms with van der Waals surface area (Å²) in [5.74, 6) is -0.148. The fraction of sp³-hybridized carbons (Fsp3) is 0.368. The summed E-state index contributed by atoms with van der Waals surface area (Å²) in [6.45, 7) is 6.32. The standard InChI is InChI=1S/C19H24FN/c1-5-14-7-8-15(6-2)17(11-14)18-12-16(13(3)21-4)9-10-19(18)20/h7-13,21H,5-6H2,1-4H3. The maximum Gasteiger partial charge on any atom is 0.131 e. The van der Waals surface area contributed by atoms with Crippen molar-refractivity contribution in [1.82, 2.24) is 5.32 Å². The van der Waals surface area contributed by atoms with Gasteiger partial charge >= 0.3 is 0 Å². The van der Waals surface area contributed by atoms with Gasteiger partial charge in [0.1, 0.15) is 5.82 Å². The largest absolute Gasteiger partial charge is 0.313 e. The van der Waals surface area contributed by atoms with E-state index in [0.717, 1.165) is 24.0 Å². The van der Waals surface area contributed by atoms with Crippen molar-refractivity contribution in [3.63, 3.8) is 0 Å². The second-order valence-corrected chi connectivity index (χ2v) is 5.45. The average Bonchev–Trinajstić information content (AvgIpc) is 2.53. The van der Waals surface area contributed by atoms with Crippen molar-refractivity contribution in [2.45, 2.75) is 39.7 Å². The van der Waals surface area contributed by atoms with Gasteiger partial charge in [0.2, 0.25) is 0 Å². The number of aryl methyl sites for hydroxylation is 2. The molecule has 0 heterocycles. The van der Waals surface area contributed by atoms with E-state index in [2.05, 4.69) is 44.3 Å². The van der Waals surface area contributed by atoms with Gasteiger partial charge in [0.25, 0.3) is 0 Å². The van der Waals surface area contributed by atoms with Crippen molar-refractivity contribution in [2.24, 2.45) is 0 Å². The first-order valence-electron chi connectivity index (χ1n) is 7.69. The van der Waals surface area contributed by atoms with Crippen molar-refractivity contribution in [3.8, 4) is 11.1 Å². The molecule has 2 aromatic carbocycles. The summed E-state index contributed by atoms with van der Waals surface area (Å²) in [6, 6.07) is 12.0. The number of hydrogen-bond acceptors (Lipinski definition) is 1. The lowest BCUT2D eigenvalue weighted by atomic mass is 9.93. The minimum atomic E-state index is -0.148. The summed E-state index contributed by atoms with van der Waals surface area (Å²) < 4.78 is 14.4. The molecule has 0 aromatic heterocycles. The van der Waals surface area contributed by atoms with E-state index in [-0.39, 0.29) is 11.9 Å². The van der Waals surface area contributed by atoms with E-state index in [1.165, 1.54) is 11.1 Å². The Hall–Kier alpha value is -1.67. The summed E-state index contributed by atoms with van der Waals surface area (Å²) in [6.07, 6.45) is 1.87. The van der Waals surface area contributed by atoms with Crippen LogP contribution in [0, 0.1) is 5.82 Å². The first kappa shape index (κ1) is 15.7. The lowest BCUT2D eigenvalue weighted by molar-refractivity contribution is 0.622. The van der Waals surface area contributed by atoms with E-state index >= 15 is 0 Å². The van der Waals surface area contributed by atoms with Crippen LogP contribution >= 0.6 is 0 Å². The Labute approximate surface area is 127 Å². The SMILES string of the molecule is CCc1ccc(CC)c(-c2cc(C(C)NC)ccc2F)c1. The molecular formula is C19H24FN. The molecule has 21 heavy (non-hydrogen) atoms. The first-order chi connectivity index (χ1) is 10.1. The number of halogens is 1. The normalized spacial score (nSPS) is 12.4. The summed E-state index contributed by atoms with van der Waals surface area (Å²) in [4.78, 5) is 0. The average molecular weight is 285 g/mol. The van der Waals surface area contributed by atoms with Crippen LogP contribution in [0.2, 0.25) is 0 Å². The smallest absolute Gasteiger partial charge is 0.131 e. The Bertz CT molecular complexity index is 619. The van der Waals surface area contributed by atoms with Crippen LogP contribution in [0.25, 0.3) is 11.1 Å². The molecule has 0 aliphatic heterocycles. The van der Waals surface area contributed by atoms with E-state index < -0.39 is 0 Å². The third-order valence-electron chi connectivity index (χ3n) is 4.18. The van der Waals surface area contributed by atoms with Crippen LogP contribution in [0.5, 0.6) is 0 Å². The molecule has 112 valence electrons. The van der Waals surface area contributed by atoms with Crippen molar-refractivity contribution in [3.05, 3.63) is 58.9 Å². The first-order valence-corrected chi connectivity index (χ1v) is 7.69. The monoisotopic (exact) mass is 285 g/mol. The van der Waals surface area contributed by atoms with Crippen molar-refractivity contribution in [1.29, 1.82) is 0 Å². The van der Waals surface area contributed by atoms with Crippen molar-refractivity contribution < 1.29 is 4.39 Å². The lowest BCUT2D eigenvalue weighted by Gasteiger charge is -2.15. The van der Waals surface area contributed by atoms with Crippen LogP contribution in [0.3, 0.4) is 0 Å². The van der Waals surface area contributed by atoms with E-state index in [0.29, 0.717) is 5.56 Å². The van der Waals surface area contributed by atoms with Gasteiger partial charge in [0.05, 0.1) is 0 Å². The van der Waals surface area contributed by atoms with Crippen molar-refractivity contribution in [2.75, 3.05) is 7.05 Å². The minimum absolute atomic E-state index is 0.148. The van der Waals surface area contributed by atoms with Crippen LogP contribution in [0.1, 0.15) is 43.5 Å². The van der Waals surface area contributed by atoms with Gasteiger partial charge in [-0.15, -0.1) is 0 Å². The second kappa shape index (κ2) is 6.86. The van der Waals surface area contributed by atoms with Gasteiger partial charge in [-0.2, -0.15) is 0 Å². The minimum Gasteiger partial charge on any atom is -0.313 e. The predicted octanol–water partition coefficient (Wildman–Crippen LogP) is 4.90. The molecule has 0 spiro atoms. The topological polar surface area (TPSA) is 12.0 Å². The number of rotatable bonds is 5. The van der Waals surface area contributed by atoms with Gasteiger partial charge in [0, 0.05) is 11.6 Å². The number of benzene rings is 2. The number of hydrogen-bond donors (Lipinski definition) is 1. The van der Waals surface area contributed by atoms with E-state index in [1.807, 2.05) is 19.2 Å². The van der Waals surface area contributed by atoms with Crippen LogP contribution in [0.15, 0.2) is 36.4 Å². The summed E-state index contributed by atoms with van der Waals surface area (Å²) in [5.41, 5.74) is 5.29. The fourth-order valence-corrected chi connectivity index (χ4v) is 2.59. The fourth-order valence-electron chi connectivity index (χ4n) is 2.59. The molecule has 1 atom stereocenters. The van der Waals surface area contributed by atoms with E-state index in [1.54, 1.807) is 6.07 Å². The molecule has 1 nitrogen and oxygen atoms in total. The highest BCUT2D eigenvalue weighted by Gasteiger charge is 2.12. The van der Waals surface area contributed by atoms with Gasteiger partial charge in [-0.05, 0) is 61.2 Å². The van der Waals surface area contributed by atoms with Gasteiger partial charge in [-0.25, -0.2) is 4.39 Å². The van der Waals surface area contributed by atoms with Gasteiger partial charge in [-0.1, -0.05) is 38.1 Å². The van der Waals surface area contributed by atoms with E-state index in [9.17, 15) is 4.39 Å². The molecule has 1 N–H and O–H groups in total. The maximum atomic E-state index is 14.4. The molecule has 2 aromatic rings. The Morgan fingerprint density at radius 1 is 1.00 bits per heavy atom. The third-order valence-corrected chi connectivity index (χ3v) is 4.18. The Morgan fingerprint density at radius 3 is 2.38 bits per heavy atom. The highest BCUT2D eigenvalue weighted by atomic mass is 19.1. The van der Waals surface area contributed by atoms with Gasteiger partial charge in [0.15, 0.2) is 0 Å². The highest BCUT2D eigenvalue weighted by molar-refractivity contribution is 5.69. The number of nitrogens with one attached hydrogen (secondary N) is 1. The Morgan fingerprint density at radius 2 is 1.76 bits per heavy atom. The zero-order valence-corrected chi connectivity index (χ0v) is 13.3. The van der Waals surface area contributed by atoms with Crippen LogP contribution in [0.4, 0.5) is 4.39 Å². The second-order valence-electron chi connectivity index (χ2n) is 5.45. The molecule has 0 saturated heterocycles. The molecule has 0 bridgehead atoms. The predicted molar refractivity (Wildman–Crippen MR) is 88.1 cm³/mol. The van der Waals surface area contributed by atoms with Crippen LogP contribution in [-0.2, 0) is 12.8 Å². The molecule has 0 saturated carbocycles. The molecular weight excluding hydrogens is 261 g/mol. The molecule has 0 aliphatic carbocycles. The molecule has 0 fully saturated rings. The summed E-state index contributed by atoms with van der Waals surface area (Å²) >= 11 is 0. The van der Waals surface area contributed by atoms with Crippen LogP contribution < -0.4 is 5.32 Å². The van der Waals surface area contributed by atoms with Gasteiger partial charge < -0.3 is 5.32 Å². The third kappa shape index (κ3) is 3.33. The zero-order chi connectivity index (χ0) is 15.4. The van der Waals surface area contributed by atoms with Crippen LogP contribution in [-0.4, -0.2) is 7.05 Å². The Balaban J connectivity index is 2.59. The molecule has 0 amide bonds. The quantitative estimate of drug-likeness (QED) is 0.824. The summed E-state index contributed by atoms with van der Waals surface area (Å²) in [7, 11) is 1.92.